The number of H-pyrrole nitrogens is 1. The number of rotatable bonds is 5. The first kappa shape index (κ1) is 15.6. The number of nitrogens with zero attached hydrogens (tertiary/aromatic N) is 1. The van der Waals surface area contributed by atoms with E-state index in [0.29, 0.717) is 12.8 Å². The van der Waals surface area contributed by atoms with Gasteiger partial charge in [0.2, 0.25) is 0 Å². The van der Waals surface area contributed by atoms with Gasteiger partial charge in [0.15, 0.2) is 0 Å². The lowest BCUT2D eigenvalue weighted by Gasteiger charge is -2.04. The van der Waals surface area contributed by atoms with Gasteiger partial charge in [-0.3, -0.25) is 0 Å². The van der Waals surface area contributed by atoms with Crippen LogP contribution in [0.1, 0.15) is 22.3 Å². The Kier molecular flexibility index (Phi) is 4.21. The summed E-state index contributed by atoms with van der Waals surface area (Å²) in [6.45, 7) is 0. The van der Waals surface area contributed by atoms with E-state index in [1.165, 1.54) is 0 Å². The van der Waals surface area contributed by atoms with Crippen LogP contribution in [0.3, 0.4) is 0 Å². The maximum Gasteiger partial charge on any atom is 0.335 e. The number of ether oxygens (including phenoxy) is 1. The fourth-order valence-corrected chi connectivity index (χ4v) is 2.83. The second-order valence-corrected chi connectivity index (χ2v) is 5.43. The largest absolute Gasteiger partial charge is 0.497 e. The lowest BCUT2D eigenvalue weighted by Crippen LogP contribution is -1.95. The van der Waals surface area contributed by atoms with Crippen LogP contribution < -0.4 is 4.74 Å². The van der Waals surface area contributed by atoms with Gasteiger partial charge in [-0.1, -0.05) is 12.1 Å². The Labute approximate surface area is 139 Å². The monoisotopic (exact) mass is 320 g/mol. The molecule has 120 valence electrons. The average molecular weight is 320 g/mol. The van der Waals surface area contributed by atoms with Crippen LogP contribution in [-0.2, 0) is 6.42 Å². The second kappa shape index (κ2) is 6.47. The van der Waals surface area contributed by atoms with E-state index in [-0.39, 0.29) is 5.56 Å². The molecule has 0 fully saturated rings. The first-order chi connectivity index (χ1) is 11.6. The molecule has 0 amide bonds. The summed E-state index contributed by atoms with van der Waals surface area (Å²) in [7, 11) is 1.62. The minimum Gasteiger partial charge on any atom is -0.497 e. The number of nitriles is 1. The number of methoxy groups -OCH3 is 1. The number of aromatic carboxylic acids is 1. The molecule has 5 heteroatoms. The molecule has 1 heterocycles. The third-order valence-corrected chi connectivity index (χ3v) is 4.02. The van der Waals surface area contributed by atoms with Crippen molar-refractivity contribution in [3.8, 4) is 23.1 Å². The number of aromatic amines is 1. The Morgan fingerprint density at radius 2 is 2.00 bits per heavy atom. The van der Waals surface area contributed by atoms with E-state index in [0.717, 1.165) is 33.5 Å². The molecule has 0 radical (unpaired) electrons. The van der Waals surface area contributed by atoms with Gasteiger partial charge in [-0.05, 0) is 41.8 Å². The number of fused-ring (bicyclic) bond motifs is 1. The van der Waals surface area contributed by atoms with Gasteiger partial charge in [-0.2, -0.15) is 5.26 Å². The highest BCUT2D eigenvalue weighted by Gasteiger charge is 2.14. The summed E-state index contributed by atoms with van der Waals surface area (Å²) in [6, 6.07) is 14.7. The zero-order valence-electron chi connectivity index (χ0n) is 13.2. The molecule has 2 N–H and O–H groups in total. The van der Waals surface area contributed by atoms with Crippen molar-refractivity contribution in [1.29, 1.82) is 5.26 Å². The van der Waals surface area contributed by atoms with Gasteiger partial charge in [0.1, 0.15) is 5.75 Å². The van der Waals surface area contributed by atoms with Gasteiger partial charge in [0.25, 0.3) is 0 Å². The van der Waals surface area contributed by atoms with Crippen molar-refractivity contribution < 1.29 is 14.6 Å². The Morgan fingerprint density at radius 1 is 1.25 bits per heavy atom. The zero-order valence-corrected chi connectivity index (χ0v) is 13.2. The molecule has 0 bridgehead atoms. The predicted octanol–water partition coefficient (Wildman–Crippen LogP) is 4.00. The lowest BCUT2D eigenvalue weighted by atomic mass is 10.0. The van der Waals surface area contributed by atoms with Crippen molar-refractivity contribution >= 4 is 16.9 Å². The average Bonchev–Trinajstić information content (AvgIpc) is 2.97. The molecule has 0 spiro atoms. The van der Waals surface area contributed by atoms with Crippen LogP contribution in [0, 0.1) is 11.3 Å². The number of carboxylic acid groups (broad SMARTS) is 1. The van der Waals surface area contributed by atoms with Crippen molar-refractivity contribution in [3.05, 3.63) is 53.6 Å². The molecule has 0 saturated carbocycles. The van der Waals surface area contributed by atoms with Gasteiger partial charge in [0.05, 0.1) is 18.7 Å². The number of benzene rings is 2. The van der Waals surface area contributed by atoms with Crippen LogP contribution in [0.4, 0.5) is 0 Å². The number of aryl methyl sites for hydroxylation is 1. The molecule has 0 aliphatic heterocycles. The molecule has 1 aromatic heterocycles. The van der Waals surface area contributed by atoms with Crippen LogP contribution in [0.5, 0.6) is 5.75 Å². The lowest BCUT2D eigenvalue weighted by molar-refractivity contribution is 0.0697. The van der Waals surface area contributed by atoms with Crippen LogP contribution in [0.2, 0.25) is 0 Å². The molecule has 3 aromatic rings. The Morgan fingerprint density at radius 3 is 2.62 bits per heavy atom. The summed E-state index contributed by atoms with van der Waals surface area (Å²) in [5, 5.41) is 19.0. The Bertz CT molecular complexity index is 934. The van der Waals surface area contributed by atoms with Crippen molar-refractivity contribution in [3.63, 3.8) is 0 Å². The van der Waals surface area contributed by atoms with Gasteiger partial charge in [-0.25, -0.2) is 4.79 Å². The van der Waals surface area contributed by atoms with Gasteiger partial charge in [-0.15, -0.1) is 0 Å². The number of carboxylic acids is 1. The topological polar surface area (TPSA) is 86.1 Å². The van der Waals surface area contributed by atoms with E-state index in [9.17, 15) is 4.79 Å². The number of aromatic nitrogens is 1. The predicted molar refractivity (Wildman–Crippen MR) is 91.2 cm³/mol. The van der Waals surface area contributed by atoms with Crippen LogP contribution in [-0.4, -0.2) is 23.2 Å². The minimum absolute atomic E-state index is 0.245. The normalized spacial score (nSPS) is 10.5. The maximum absolute atomic E-state index is 11.0. The van der Waals surface area contributed by atoms with E-state index in [1.54, 1.807) is 31.4 Å². The van der Waals surface area contributed by atoms with Gasteiger partial charge >= 0.3 is 5.97 Å². The van der Waals surface area contributed by atoms with Crippen LogP contribution in [0.25, 0.3) is 22.2 Å². The van der Waals surface area contributed by atoms with Crippen molar-refractivity contribution in [2.24, 2.45) is 0 Å². The molecule has 0 aliphatic rings. The van der Waals surface area contributed by atoms with Crippen molar-refractivity contribution in [1.82, 2.24) is 4.98 Å². The summed E-state index contributed by atoms with van der Waals surface area (Å²) >= 11 is 0. The molecule has 0 unspecified atom stereocenters. The van der Waals surface area contributed by atoms with Crippen molar-refractivity contribution in [2.45, 2.75) is 12.8 Å². The second-order valence-electron chi connectivity index (χ2n) is 5.43. The SMILES string of the molecule is COc1ccc2c(CCC#N)c(-c3ccc(C(=O)O)cc3)[nH]c2c1. The fraction of sp³-hybridized carbons (Fsp3) is 0.158. The number of hydrogen-bond donors (Lipinski definition) is 2. The number of carbonyl (C=O) groups is 1. The molecular weight excluding hydrogens is 304 g/mol. The molecule has 3 rings (SSSR count). The summed E-state index contributed by atoms with van der Waals surface area (Å²) < 4.78 is 5.26. The van der Waals surface area contributed by atoms with E-state index in [2.05, 4.69) is 11.1 Å². The molecule has 24 heavy (non-hydrogen) atoms. The summed E-state index contributed by atoms with van der Waals surface area (Å²) in [5.74, 6) is -0.198. The van der Waals surface area contributed by atoms with E-state index < -0.39 is 5.97 Å². The Balaban J connectivity index is 2.14. The minimum atomic E-state index is -0.951. The molecule has 5 nitrogen and oxygen atoms in total. The molecule has 0 aliphatic carbocycles. The van der Waals surface area contributed by atoms with Gasteiger partial charge < -0.3 is 14.8 Å². The smallest absolute Gasteiger partial charge is 0.335 e. The number of nitrogens with one attached hydrogen (secondary N) is 1. The fourth-order valence-electron chi connectivity index (χ4n) is 2.83. The highest BCUT2D eigenvalue weighted by molar-refractivity contribution is 5.93. The standard InChI is InChI=1S/C19H16N2O3/c1-24-14-8-9-15-16(3-2-10-20)18(21-17(15)11-14)12-4-6-13(7-5-12)19(22)23/h4-9,11,21H,2-3H2,1H3,(H,22,23). The first-order valence-corrected chi connectivity index (χ1v) is 7.53. The third kappa shape index (κ3) is 2.82. The Hall–Kier alpha value is -3.26. The summed E-state index contributed by atoms with van der Waals surface area (Å²) in [4.78, 5) is 14.4. The zero-order chi connectivity index (χ0) is 17.1. The molecular formula is C19H16N2O3. The molecule has 0 atom stereocenters. The highest BCUT2D eigenvalue weighted by Crippen LogP contribution is 2.33. The van der Waals surface area contributed by atoms with Crippen LogP contribution >= 0.6 is 0 Å². The summed E-state index contributed by atoms with van der Waals surface area (Å²) in [6.07, 6.45) is 1.04. The highest BCUT2D eigenvalue weighted by atomic mass is 16.5. The van der Waals surface area contributed by atoms with Crippen LogP contribution in [0.15, 0.2) is 42.5 Å². The summed E-state index contributed by atoms with van der Waals surface area (Å²) in [5.41, 5.74) is 4.03. The third-order valence-electron chi connectivity index (χ3n) is 4.02. The van der Waals surface area contributed by atoms with Gasteiger partial charge in [0, 0.05) is 29.1 Å². The van der Waals surface area contributed by atoms with E-state index in [1.807, 2.05) is 18.2 Å². The molecule has 0 saturated heterocycles. The molecule has 2 aromatic carbocycles. The quantitative estimate of drug-likeness (QED) is 0.744. The number of hydrogen-bond acceptors (Lipinski definition) is 3. The maximum atomic E-state index is 11.0. The van der Waals surface area contributed by atoms with E-state index in [4.69, 9.17) is 15.1 Å². The first-order valence-electron chi connectivity index (χ1n) is 7.53. The van der Waals surface area contributed by atoms with Crippen molar-refractivity contribution in [2.75, 3.05) is 7.11 Å². The van der Waals surface area contributed by atoms with E-state index >= 15 is 0 Å².